The number of carbonyl (C=O) groups excluding carboxylic acids is 1. The Hall–Kier alpha value is -3.25. The summed E-state index contributed by atoms with van der Waals surface area (Å²) in [6, 6.07) is 20.2. The summed E-state index contributed by atoms with van der Waals surface area (Å²) in [5, 5.41) is 2.07. The van der Waals surface area contributed by atoms with Crippen LogP contribution in [0.25, 0.3) is 21.5 Å². The lowest BCUT2D eigenvalue weighted by atomic mass is 9.64. The average Bonchev–Trinajstić information content (AvgIpc) is 3.39. The van der Waals surface area contributed by atoms with Gasteiger partial charge in [-0.15, -0.1) is 11.3 Å². The average molecular weight is 483 g/mol. The molecule has 35 heavy (non-hydrogen) atoms. The second kappa shape index (κ2) is 8.76. The van der Waals surface area contributed by atoms with E-state index in [1.165, 1.54) is 0 Å². The number of aromatic nitrogens is 2. The Balaban J connectivity index is 1.29. The van der Waals surface area contributed by atoms with Gasteiger partial charge in [0.1, 0.15) is 5.82 Å². The molecule has 2 saturated heterocycles. The van der Waals surface area contributed by atoms with Gasteiger partial charge in [-0.2, -0.15) is 0 Å². The molecule has 2 aromatic carbocycles. The van der Waals surface area contributed by atoms with Gasteiger partial charge in [-0.1, -0.05) is 50.2 Å². The maximum Gasteiger partial charge on any atom is 0.254 e. The number of para-hydroxylation sites is 2. The van der Waals surface area contributed by atoms with Crippen LogP contribution >= 0.6 is 11.3 Å². The number of anilines is 1. The van der Waals surface area contributed by atoms with E-state index in [2.05, 4.69) is 46.1 Å². The fraction of sp³-hybridized carbons (Fsp3) is 0.345. The van der Waals surface area contributed by atoms with E-state index >= 15 is 0 Å². The lowest BCUT2D eigenvalue weighted by Gasteiger charge is -2.61. The van der Waals surface area contributed by atoms with Crippen molar-refractivity contribution in [2.45, 2.75) is 32.2 Å². The van der Waals surface area contributed by atoms with Crippen molar-refractivity contribution in [2.75, 3.05) is 24.5 Å². The van der Waals surface area contributed by atoms with Crippen molar-refractivity contribution in [1.29, 1.82) is 0 Å². The van der Waals surface area contributed by atoms with Crippen LogP contribution in [0, 0.1) is 11.8 Å². The normalized spacial score (nSPS) is 24.1. The van der Waals surface area contributed by atoms with E-state index in [9.17, 15) is 4.79 Å². The topological polar surface area (TPSA) is 49.3 Å². The number of hydrogen-bond acceptors (Lipinski definition) is 5. The predicted molar refractivity (Wildman–Crippen MR) is 143 cm³/mol. The monoisotopic (exact) mass is 482 g/mol. The van der Waals surface area contributed by atoms with E-state index in [-0.39, 0.29) is 11.4 Å². The zero-order valence-electron chi connectivity index (χ0n) is 20.2. The van der Waals surface area contributed by atoms with Crippen molar-refractivity contribution in [3.63, 3.8) is 0 Å². The second-order valence-electron chi connectivity index (χ2n) is 9.83. The van der Waals surface area contributed by atoms with E-state index < -0.39 is 0 Å². The van der Waals surface area contributed by atoms with Crippen LogP contribution in [0.1, 0.15) is 37.0 Å². The first-order chi connectivity index (χ1) is 17.1. The highest BCUT2D eigenvalue weighted by atomic mass is 32.1. The van der Waals surface area contributed by atoms with Crippen LogP contribution in [0.5, 0.6) is 0 Å². The largest absolute Gasteiger partial charge is 0.349 e. The number of fused-ring (bicyclic) bond motifs is 2. The minimum atomic E-state index is -0.000559. The highest BCUT2D eigenvalue weighted by molar-refractivity contribution is 7.13. The lowest BCUT2D eigenvalue weighted by molar-refractivity contribution is 0.0701. The summed E-state index contributed by atoms with van der Waals surface area (Å²) in [5.41, 5.74) is 3.70. The van der Waals surface area contributed by atoms with E-state index in [0.29, 0.717) is 11.8 Å². The predicted octanol–water partition coefficient (Wildman–Crippen LogP) is 6.13. The molecule has 6 heteroatoms. The molecule has 0 radical (unpaired) electrons. The number of carbonyl (C=O) groups is 1. The summed E-state index contributed by atoms with van der Waals surface area (Å²) < 4.78 is 0. The Labute approximate surface area is 210 Å². The highest BCUT2D eigenvalue weighted by Gasteiger charge is 2.57. The number of benzene rings is 2. The van der Waals surface area contributed by atoms with Crippen molar-refractivity contribution in [2.24, 2.45) is 11.8 Å². The van der Waals surface area contributed by atoms with Crippen LogP contribution in [0.4, 0.5) is 5.82 Å². The maximum absolute atomic E-state index is 13.8. The van der Waals surface area contributed by atoms with Crippen molar-refractivity contribution >= 4 is 34.1 Å². The fourth-order valence-electron chi connectivity index (χ4n) is 6.44. The molecule has 0 N–H and O–H groups in total. The van der Waals surface area contributed by atoms with Gasteiger partial charge in [0.25, 0.3) is 5.91 Å². The molecule has 6 rings (SSSR count). The second-order valence-corrected chi connectivity index (χ2v) is 10.8. The first-order valence-corrected chi connectivity index (χ1v) is 13.4. The summed E-state index contributed by atoms with van der Waals surface area (Å²) in [7, 11) is 0. The van der Waals surface area contributed by atoms with Gasteiger partial charge in [0.15, 0.2) is 0 Å². The van der Waals surface area contributed by atoms with E-state index in [0.717, 1.165) is 65.3 Å². The number of amides is 1. The third kappa shape index (κ3) is 3.54. The molecule has 2 aliphatic heterocycles. The Kier molecular flexibility index (Phi) is 5.56. The van der Waals surface area contributed by atoms with Crippen molar-refractivity contribution < 1.29 is 4.79 Å². The standard InChI is InChI=1S/C29H30N4OS/c1-3-29-20(2)18-32(28(34)23-10-5-4-9-22(23)26-13-8-16-35-26)15-14-21(29)19-33(29)27-17-30-24-11-6-7-12-25(24)31-27/h4-13,16-17,20-21H,3,14-15,18-19H2,1-2H3. The molecule has 4 aromatic rings. The minimum Gasteiger partial charge on any atom is -0.349 e. The SMILES string of the molecule is CCC12C(C)CN(C(=O)c3ccccc3-c3cccs3)CCC1CN2c1cnc2ccccc2n1. The smallest absolute Gasteiger partial charge is 0.254 e. The molecule has 0 aliphatic carbocycles. The fourth-order valence-corrected chi connectivity index (χ4v) is 7.21. The molecule has 3 unspecified atom stereocenters. The molecule has 0 spiro atoms. The van der Waals surface area contributed by atoms with Gasteiger partial charge < -0.3 is 9.80 Å². The van der Waals surface area contributed by atoms with Gasteiger partial charge in [0.2, 0.25) is 0 Å². The van der Waals surface area contributed by atoms with E-state index in [1.54, 1.807) is 11.3 Å². The van der Waals surface area contributed by atoms with Gasteiger partial charge in [-0.3, -0.25) is 9.78 Å². The summed E-state index contributed by atoms with van der Waals surface area (Å²) in [6.45, 7) is 7.12. The van der Waals surface area contributed by atoms with Gasteiger partial charge >= 0.3 is 0 Å². The van der Waals surface area contributed by atoms with Crippen LogP contribution in [0.2, 0.25) is 0 Å². The van der Waals surface area contributed by atoms with E-state index in [4.69, 9.17) is 4.98 Å². The van der Waals surface area contributed by atoms with E-state index in [1.807, 2.05) is 54.7 Å². The summed E-state index contributed by atoms with van der Waals surface area (Å²) in [6.07, 6.45) is 3.97. The number of hydrogen-bond donors (Lipinski definition) is 0. The Morgan fingerprint density at radius 3 is 2.66 bits per heavy atom. The molecule has 2 aromatic heterocycles. The summed E-state index contributed by atoms with van der Waals surface area (Å²) in [5.74, 6) is 1.96. The molecule has 0 bridgehead atoms. The Morgan fingerprint density at radius 2 is 1.86 bits per heavy atom. The van der Waals surface area contributed by atoms with Crippen LogP contribution in [-0.2, 0) is 0 Å². The molecule has 1 amide bonds. The first-order valence-electron chi connectivity index (χ1n) is 12.5. The van der Waals surface area contributed by atoms with Crippen molar-refractivity contribution in [3.8, 4) is 10.4 Å². The molecule has 3 atom stereocenters. The first kappa shape index (κ1) is 22.2. The summed E-state index contributed by atoms with van der Waals surface area (Å²) in [4.78, 5) is 29.2. The molecular weight excluding hydrogens is 452 g/mol. The third-order valence-electron chi connectivity index (χ3n) is 8.22. The zero-order valence-corrected chi connectivity index (χ0v) is 21.0. The third-order valence-corrected chi connectivity index (χ3v) is 9.12. The van der Waals surface area contributed by atoms with Crippen molar-refractivity contribution in [3.05, 3.63) is 77.8 Å². The lowest BCUT2D eigenvalue weighted by Crippen LogP contribution is -2.70. The van der Waals surface area contributed by atoms with Crippen LogP contribution in [-0.4, -0.2) is 45.9 Å². The number of rotatable bonds is 4. The minimum absolute atomic E-state index is 0.000559. The molecule has 4 heterocycles. The highest BCUT2D eigenvalue weighted by Crippen LogP contribution is 2.50. The Morgan fingerprint density at radius 1 is 1.06 bits per heavy atom. The number of likely N-dealkylation sites (tertiary alicyclic amines) is 1. The van der Waals surface area contributed by atoms with Gasteiger partial charge in [-0.25, -0.2) is 4.98 Å². The molecule has 2 aliphatic rings. The van der Waals surface area contributed by atoms with Gasteiger partial charge in [0.05, 0.1) is 22.8 Å². The Bertz CT molecular complexity index is 1370. The molecule has 0 saturated carbocycles. The molecule has 178 valence electrons. The zero-order chi connectivity index (χ0) is 24.0. The van der Waals surface area contributed by atoms with Crippen LogP contribution < -0.4 is 4.90 Å². The summed E-state index contributed by atoms with van der Waals surface area (Å²) >= 11 is 1.68. The maximum atomic E-state index is 13.8. The molecule has 5 nitrogen and oxygen atoms in total. The molecule has 2 fully saturated rings. The van der Waals surface area contributed by atoms with Gasteiger partial charge in [-0.05, 0) is 48.4 Å². The van der Waals surface area contributed by atoms with Crippen LogP contribution in [0.15, 0.2) is 72.2 Å². The van der Waals surface area contributed by atoms with Crippen LogP contribution in [0.3, 0.4) is 0 Å². The van der Waals surface area contributed by atoms with Gasteiger partial charge in [0, 0.05) is 41.6 Å². The number of nitrogens with zero attached hydrogens (tertiary/aromatic N) is 4. The van der Waals surface area contributed by atoms with Crippen molar-refractivity contribution in [1.82, 2.24) is 14.9 Å². The molecular formula is C29H30N4OS. The number of thiophene rings is 1. The quantitative estimate of drug-likeness (QED) is 0.351.